The van der Waals surface area contributed by atoms with Gasteiger partial charge in [-0.3, -0.25) is 4.79 Å². The molecular formula is C30H35NO. The summed E-state index contributed by atoms with van der Waals surface area (Å²) in [7, 11) is 0. The van der Waals surface area contributed by atoms with Crippen molar-refractivity contribution >= 4 is 22.2 Å². The van der Waals surface area contributed by atoms with E-state index in [1.54, 1.807) is 5.57 Å². The van der Waals surface area contributed by atoms with Crippen LogP contribution in [-0.4, -0.2) is 5.78 Å². The van der Waals surface area contributed by atoms with Crippen molar-refractivity contribution in [3.8, 4) is 0 Å². The number of rotatable bonds is 1. The number of fused-ring (bicyclic) bond motifs is 5. The number of Topliss-reactive ketones (excluding diaryl/α,β-unsaturated/α-hetero) is 1. The summed E-state index contributed by atoms with van der Waals surface area (Å²) in [6.45, 7) is 11.9. The summed E-state index contributed by atoms with van der Waals surface area (Å²) < 4.78 is 0. The zero-order valence-corrected chi connectivity index (χ0v) is 20.1. The minimum absolute atomic E-state index is 0.00307. The highest BCUT2D eigenvalue weighted by Crippen LogP contribution is 2.68. The molecule has 0 radical (unpaired) electrons. The Kier molecular flexibility index (Phi) is 4.03. The fourth-order valence-corrected chi connectivity index (χ4v) is 7.45. The highest BCUT2D eigenvalue weighted by molar-refractivity contribution is 6.05. The zero-order valence-electron chi connectivity index (χ0n) is 20.1. The average Bonchev–Trinajstić information content (AvgIpc) is 3.06. The molecule has 2 saturated carbocycles. The highest BCUT2D eigenvalue weighted by atomic mass is 16.1. The molecular weight excluding hydrogens is 390 g/mol. The molecule has 2 heteroatoms. The lowest BCUT2D eigenvalue weighted by atomic mass is 9.66. The van der Waals surface area contributed by atoms with Crippen molar-refractivity contribution < 1.29 is 4.79 Å². The molecule has 32 heavy (non-hydrogen) atoms. The van der Waals surface area contributed by atoms with Crippen molar-refractivity contribution in [3.63, 3.8) is 0 Å². The van der Waals surface area contributed by atoms with Gasteiger partial charge in [0.2, 0.25) is 0 Å². The maximum Gasteiger partial charge on any atom is 0.162 e. The van der Waals surface area contributed by atoms with E-state index in [9.17, 15) is 4.79 Å². The molecule has 0 saturated heterocycles. The van der Waals surface area contributed by atoms with Crippen molar-refractivity contribution in [2.45, 2.75) is 72.6 Å². The molecule has 6 rings (SSSR count). The smallest absolute Gasteiger partial charge is 0.162 e. The van der Waals surface area contributed by atoms with E-state index in [1.165, 1.54) is 41.3 Å². The lowest BCUT2D eigenvalue weighted by Gasteiger charge is -2.40. The van der Waals surface area contributed by atoms with Gasteiger partial charge in [0, 0.05) is 29.0 Å². The van der Waals surface area contributed by atoms with E-state index in [4.69, 9.17) is 0 Å². The molecule has 3 atom stereocenters. The number of carbonyl (C=O) groups is 1. The lowest BCUT2D eigenvalue weighted by molar-refractivity contribution is -0.118. The van der Waals surface area contributed by atoms with Gasteiger partial charge in [-0.1, -0.05) is 82.7 Å². The van der Waals surface area contributed by atoms with Gasteiger partial charge < -0.3 is 5.32 Å². The van der Waals surface area contributed by atoms with E-state index in [2.05, 4.69) is 82.4 Å². The van der Waals surface area contributed by atoms with Crippen LogP contribution in [0.5, 0.6) is 0 Å². The maximum atomic E-state index is 13.5. The Morgan fingerprint density at radius 1 is 1.00 bits per heavy atom. The molecule has 3 aliphatic carbocycles. The van der Waals surface area contributed by atoms with Gasteiger partial charge in [-0.25, -0.2) is 0 Å². The van der Waals surface area contributed by atoms with Gasteiger partial charge in [-0.05, 0) is 58.8 Å². The normalized spacial score (nSPS) is 33.4. The lowest BCUT2D eigenvalue weighted by Crippen LogP contribution is -2.33. The van der Waals surface area contributed by atoms with Gasteiger partial charge in [-0.15, -0.1) is 0 Å². The third-order valence-corrected chi connectivity index (χ3v) is 9.78. The molecule has 166 valence electrons. The first-order valence-corrected chi connectivity index (χ1v) is 12.4. The van der Waals surface area contributed by atoms with E-state index in [0.717, 1.165) is 23.6 Å². The first kappa shape index (κ1) is 20.3. The molecule has 2 fully saturated rings. The Morgan fingerprint density at radius 3 is 2.50 bits per heavy atom. The van der Waals surface area contributed by atoms with E-state index in [0.29, 0.717) is 17.6 Å². The van der Waals surface area contributed by atoms with Crippen LogP contribution in [0.15, 0.2) is 59.3 Å². The second kappa shape index (κ2) is 6.37. The molecule has 0 amide bonds. The molecule has 2 aromatic rings. The SMILES string of the molecule is CC1(C)CC(=O)C2=C(C1)Nc1c(ccc3ccccc13)[C@H]2C=C1C[C@@H]2CC[C@@]1(C)C2(C)C. The number of hydrogen-bond donors (Lipinski definition) is 1. The van der Waals surface area contributed by atoms with Crippen molar-refractivity contribution in [1.82, 2.24) is 0 Å². The third kappa shape index (κ3) is 2.62. The van der Waals surface area contributed by atoms with E-state index < -0.39 is 0 Å². The number of allylic oxidation sites excluding steroid dienone is 4. The Morgan fingerprint density at radius 2 is 1.78 bits per heavy atom. The predicted molar refractivity (Wildman–Crippen MR) is 133 cm³/mol. The Hall–Kier alpha value is -2.35. The summed E-state index contributed by atoms with van der Waals surface area (Å²) in [5.74, 6) is 1.17. The van der Waals surface area contributed by atoms with Crippen molar-refractivity contribution in [1.29, 1.82) is 0 Å². The zero-order chi connectivity index (χ0) is 22.5. The third-order valence-electron chi connectivity index (χ3n) is 9.78. The van der Waals surface area contributed by atoms with Crippen molar-refractivity contribution in [3.05, 3.63) is 64.9 Å². The number of hydrogen-bond acceptors (Lipinski definition) is 2. The van der Waals surface area contributed by atoms with Crippen LogP contribution in [0.25, 0.3) is 10.8 Å². The van der Waals surface area contributed by atoms with Crippen LogP contribution in [-0.2, 0) is 4.79 Å². The van der Waals surface area contributed by atoms with E-state index in [-0.39, 0.29) is 16.7 Å². The Balaban J connectivity index is 1.57. The quantitative estimate of drug-likeness (QED) is 0.473. The van der Waals surface area contributed by atoms with Crippen LogP contribution >= 0.6 is 0 Å². The summed E-state index contributed by atoms with van der Waals surface area (Å²) in [5.41, 5.74) is 6.85. The molecule has 1 aliphatic heterocycles. The van der Waals surface area contributed by atoms with Crippen LogP contribution in [0.3, 0.4) is 0 Å². The van der Waals surface area contributed by atoms with Gasteiger partial charge in [0.15, 0.2) is 5.78 Å². The van der Waals surface area contributed by atoms with Crippen LogP contribution in [0.2, 0.25) is 0 Å². The van der Waals surface area contributed by atoms with Crippen LogP contribution in [0, 0.1) is 22.2 Å². The highest BCUT2D eigenvalue weighted by Gasteiger charge is 2.58. The van der Waals surface area contributed by atoms with Gasteiger partial charge in [0.1, 0.15) is 0 Å². The first-order valence-electron chi connectivity index (χ1n) is 12.4. The largest absolute Gasteiger partial charge is 0.358 e. The number of ketones is 1. The minimum Gasteiger partial charge on any atom is -0.358 e. The van der Waals surface area contributed by atoms with Crippen LogP contribution in [0.1, 0.15) is 78.2 Å². The van der Waals surface area contributed by atoms with Crippen molar-refractivity contribution in [2.75, 3.05) is 5.32 Å². The summed E-state index contributed by atoms with van der Waals surface area (Å²) in [5, 5.41) is 6.28. The predicted octanol–water partition coefficient (Wildman–Crippen LogP) is 7.76. The molecule has 0 aromatic heterocycles. The number of nitrogens with one attached hydrogen (secondary N) is 1. The van der Waals surface area contributed by atoms with E-state index >= 15 is 0 Å². The van der Waals surface area contributed by atoms with Crippen molar-refractivity contribution in [2.24, 2.45) is 22.2 Å². The van der Waals surface area contributed by atoms with Gasteiger partial charge in [0.05, 0.1) is 5.69 Å². The Labute approximate surface area is 192 Å². The summed E-state index contributed by atoms with van der Waals surface area (Å²) in [4.78, 5) is 13.5. The second-order valence-corrected chi connectivity index (χ2v) is 12.4. The fourth-order valence-electron chi connectivity index (χ4n) is 7.45. The molecule has 1 heterocycles. The van der Waals surface area contributed by atoms with Crippen LogP contribution < -0.4 is 5.32 Å². The second-order valence-electron chi connectivity index (χ2n) is 12.4. The maximum absolute atomic E-state index is 13.5. The Bertz CT molecular complexity index is 1230. The molecule has 0 spiro atoms. The standard InChI is InChI=1S/C30H35NO/c1-28(2)16-24-26(25(32)17-28)23(15-20-14-19-12-13-30(20,5)29(19,3)4)22-11-10-18-8-6-7-9-21(18)27(22)31-24/h6-11,15,19,23,31H,12-14,16-17H2,1-5H3/t19-,23+,30+/m0/s1. The number of benzene rings is 2. The topological polar surface area (TPSA) is 29.1 Å². The monoisotopic (exact) mass is 425 g/mol. The fraction of sp³-hybridized carbons (Fsp3) is 0.500. The molecule has 4 aliphatic rings. The summed E-state index contributed by atoms with van der Waals surface area (Å²) >= 11 is 0. The van der Waals surface area contributed by atoms with E-state index in [1.807, 2.05) is 0 Å². The molecule has 1 N–H and O–H groups in total. The molecule has 0 unspecified atom stereocenters. The van der Waals surface area contributed by atoms with Gasteiger partial charge in [-0.2, -0.15) is 0 Å². The number of carbonyl (C=O) groups excluding carboxylic acids is 1. The summed E-state index contributed by atoms with van der Waals surface area (Å²) in [6, 6.07) is 13.1. The summed E-state index contributed by atoms with van der Waals surface area (Å²) in [6.07, 6.45) is 7.91. The average molecular weight is 426 g/mol. The number of anilines is 1. The van der Waals surface area contributed by atoms with Crippen LogP contribution in [0.4, 0.5) is 5.69 Å². The first-order chi connectivity index (χ1) is 15.1. The van der Waals surface area contributed by atoms with Gasteiger partial charge >= 0.3 is 0 Å². The van der Waals surface area contributed by atoms with Gasteiger partial charge in [0.25, 0.3) is 0 Å². The molecule has 2 aromatic carbocycles. The minimum atomic E-state index is 0.00307. The molecule has 2 nitrogen and oxygen atoms in total. The molecule has 2 bridgehead atoms.